The van der Waals surface area contributed by atoms with Gasteiger partial charge in [0, 0.05) is 4.47 Å². The van der Waals surface area contributed by atoms with Gasteiger partial charge in [-0.05, 0) is 30.2 Å². The summed E-state index contributed by atoms with van der Waals surface area (Å²) in [5.41, 5.74) is 7.00. The molecule has 0 aromatic heterocycles. The minimum Gasteiger partial charge on any atom is -0.480 e. The third-order valence-electron chi connectivity index (χ3n) is 1.83. The quantitative estimate of drug-likeness (QED) is 0.834. The molecule has 0 aliphatic heterocycles. The number of halogens is 1. The molecule has 0 saturated heterocycles. The van der Waals surface area contributed by atoms with Gasteiger partial charge in [0.25, 0.3) is 0 Å². The standard InChI is InChI=1S/C9H10BrNO2/c1-5-4-6(10)2-3-7(5)8(11)9(12)13/h2-4,8H,11H2,1H3,(H,12,13). The molecule has 13 heavy (non-hydrogen) atoms. The van der Waals surface area contributed by atoms with Crippen molar-refractivity contribution in [2.24, 2.45) is 5.73 Å². The molecular weight excluding hydrogens is 234 g/mol. The van der Waals surface area contributed by atoms with E-state index in [9.17, 15) is 4.79 Å². The van der Waals surface area contributed by atoms with Crippen LogP contribution in [0.3, 0.4) is 0 Å². The van der Waals surface area contributed by atoms with Crippen LogP contribution in [0.25, 0.3) is 0 Å². The van der Waals surface area contributed by atoms with E-state index < -0.39 is 12.0 Å². The average Bonchev–Trinajstić information content (AvgIpc) is 2.03. The van der Waals surface area contributed by atoms with Gasteiger partial charge in [-0.2, -0.15) is 0 Å². The maximum Gasteiger partial charge on any atom is 0.325 e. The fourth-order valence-corrected chi connectivity index (χ4v) is 1.60. The van der Waals surface area contributed by atoms with Crippen molar-refractivity contribution in [3.63, 3.8) is 0 Å². The van der Waals surface area contributed by atoms with Gasteiger partial charge in [-0.3, -0.25) is 4.79 Å². The fourth-order valence-electron chi connectivity index (χ4n) is 1.12. The second kappa shape index (κ2) is 3.89. The number of carbonyl (C=O) groups is 1. The second-order valence-electron chi connectivity index (χ2n) is 2.82. The Bertz CT molecular complexity index is 338. The van der Waals surface area contributed by atoms with E-state index in [-0.39, 0.29) is 0 Å². The minimum atomic E-state index is -1.01. The third kappa shape index (κ3) is 2.29. The Kier molecular flexibility index (Phi) is 3.06. The molecule has 0 saturated carbocycles. The molecule has 1 aromatic carbocycles. The lowest BCUT2D eigenvalue weighted by Gasteiger charge is -2.10. The van der Waals surface area contributed by atoms with Crippen molar-refractivity contribution < 1.29 is 9.90 Å². The summed E-state index contributed by atoms with van der Waals surface area (Å²) in [6.45, 7) is 1.84. The number of hydrogen-bond acceptors (Lipinski definition) is 2. The van der Waals surface area contributed by atoms with E-state index in [0.29, 0.717) is 5.56 Å². The molecule has 3 nitrogen and oxygen atoms in total. The Morgan fingerprint density at radius 1 is 1.62 bits per heavy atom. The van der Waals surface area contributed by atoms with Crippen molar-refractivity contribution in [2.45, 2.75) is 13.0 Å². The molecule has 1 rings (SSSR count). The van der Waals surface area contributed by atoms with Crippen LogP contribution in [0.4, 0.5) is 0 Å². The first-order valence-corrected chi connectivity index (χ1v) is 4.56. The van der Waals surface area contributed by atoms with Crippen LogP contribution < -0.4 is 5.73 Å². The molecule has 0 radical (unpaired) electrons. The summed E-state index contributed by atoms with van der Waals surface area (Å²) in [5, 5.41) is 8.69. The van der Waals surface area contributed by atoms with E-state index in [4.69, 9.17) is 10.8 Å². The highest BCUT2D eigenvalue weighted by atomic mass is 79.9. The number of aliphatic carboxylic acids is 1. The largest absolute Gasteiger partial charge is 0.480 e. The van der Waals surface area contributed by atoms with Gasteiger partial charge in [0.1, 0.15) is 6.04 Å². The number of carboxylic acid groups (broad SMARTS) is 1. The van der Waals surface area contributed by atoms with Crippen LogP contribution in [0.2, 0.25) is 0 Å². The predicted octanol–water partition coefficient (Wildman–Crippen LogP) is 1.84. The van der Waals surface area contributed by atoms with Crippen LogP contribution in [-0.4, -0.2) is 11.1 Å². The van der Waals surface area contributed by atoms with Gasteiger partial charge in [0.15, 0.2) is 0 Å². The van der Waals surface area contributed by atoms with E-state index in [1.54, 1.807) is 12.1 Å². The van der Waals surface area contributed by atoms with Crippen LogP contribution in [0, 0.1) is 6.92 Å². The Labute approximate surface area is 84.7 Å². The summed E-state index contributed by atoms with van der Waals surface area (Å²) in [6.07, 6.45) is 0. The van der Waals surface area contributed by atoms with E-state index in [2.05, 4.69) is 15.9 Å². The summed E-state index contributed by atoms with van der Waals surface area (Å²) < 4.78 is 0.923. The number of aryl methyl sites for hydroxylation is 1. The van der Waals surface area contributed by atoms with Crippen molar-refractivity contribution in [2.75, 3.05) is 0 Å². The van der Waals surface area contributed by atoms with Crippen LogP contribution in [0.5, 0.6) is 0 Å². The maximum atomic E-state index is 10.6. The minimum absolute atomic E-state index is 0.649. The smallest absolute Gasteiger partial charge is 0.325 e. The van der Waals surface area contributed by atoms with Crippen LogP contribution in [0.15, 0.2) is 22.7 Å². The average molecular weight is 244 g/mol. The van der Waals surface area contributed by atoms with E-state index in [1.807, 2.05) is 13.0 Å². The van der Waals surface area contributed by atoms with Gasteiger partial charge >= 0.3 is 5.97 Å². The van der Waals surface area contributed by atoms with Gasteiger partial charge in [-0.1, -0.05) is 22.0 Å². The Morgan fingerprint density at radius 3 is 2.69 bits per heavy atom. The lowest BCUT2D eigenvalue weighted by atomic mass is 10.0. The fraction of sp³-hybridized carbons (Fsp3) is 0.222. The zero-order valence-corrected chi connectivity index (χ0v) is 8.71. The Morgan fingerprint density at radius 2 is 2.23 bits per heavy atom. The SMILES string of the molecule is Cc1cc(Br)ccc1C(N)C(=O)O. The molecule has 1 unspecified atom stereocenters. The molecule has 0 aliphatic carbocycles. The van der Waals surface area contributed by atoms with Crippen molar-refractivity contribution in [1.29, 1.82) is 0 Å². The van der Waals surface area contributed by atoms with Gasteiger partial charge in [0.05, 0.1) is 0 Å². The molecule has 70 valence electrons. The number of rotatable bonds is 2. The van der Waals surface area contributed by atoms with Crippen molar-refractivity contribution in [1.82, 2.24) is 0 Å². The van der Waals surface area contributed by atoms with Gasteiger partial charge < -0.3 is 10.8 Å². The van der Waals surface area contributed by atoms with Crippen LogP contribution in [-0.2, 0) is 4.79 Å². The summed E-state index contributed by atoms with van der Waals surface area (Å²) in [4.78, 5) is 10.6. The second-order valence-corrected chi connectivity index (χ2v) is 3.73. The third-order valence-corrected chi connectivity index (χ3v) is 2.33. The summed E-state index contributed by atoms with van der Waals surface area (Å²) in [5.74, 6) is -1.01. The molecule has 4 heteroatoms. The summed E-state index contributed by atoms with van der Waals surface area (Å²) in [6, 6.07) is 4.41. The molecule has 1 atom stereocenters. The van der Waals surface area contributed by atoms with Crippen molar-refractivity contribution in [3.8, 4) is 0 Å². The van der Waals surface area contributed by atoms with Crippen LogP contribution in [0.1, 0.15) is 17.2 Å². The van der Waals surface area contributed by atoms with Crippen LogP contribution >= 0.6 is 15.9 Å². The number of nitrogens with two attached hydrogens (primary N) is 1. The van der Waals surface area contributed by atoms with Gasteiger partial charge in [-0.15, -0.1) is 0 Å². The van der Waals surface area contributed by atoms with E-state index >= 15 is 0 Å². The molecular formula is C9H10BrNO2. The highest BCUT2D eigenvalue weighted by molar-refractivity contribution is 9.10. The lowest BCUT2D eigenvalue weighted by Crippen LogP contribution is -2.21. The first kappa shape index (κ1) is 10.2. The topological polar surface area (TPSA) is 63.3 Å². The number of carboxylic acids is 1. The first-order valence-electron chi connectivity index (χ1n) is 3.77. The molecule has 0 bridgehead atoms. The molecule has 3 N–H and O–H groups in total. The zero-order chi connectivity index (χ0) is 10.0. The molecule has 0 fully saturated rings. The molecule has 1 aromatic rings. The lowest BCUT2D eigenvalue weighted by molar-refractivity contribution is -0.138. The maximum absolute atomic E-state index is 10.6. The highest BCUT2D eigenvalue weighted by Crippen LogP contribution is 2.20. The van der Waals surface area contributed by atoms with Crippen molar-refractivity contribution in [3.05, 3.63) is 33.8 Å². The van der Waals surface area contributed by atoms with Gasteiger partial charge in [-0.25, -0.2) is 0 Å². The zero-order valence-electron chi connectivity index (χ0n) is 7.12. The molecule has 0 amide bonds. The van der Waals surface area contributed by atoms with E-state index in [0.717, 1.165) is 10.0 Å². The predicted molar refractivity (Wildman–Crippen MR) is 53.4 cm³/mol. The Balaban J connectivity index is 3.08. The van der Waals surface area contributed by atoms with Crippen molar-refractivity contribution >= 4 is 21.9 Å². The number of hydrogen-bond donors (Lipinski definition) is 2. The summed E-state index contributed by atoms with van der Waals surface area (Å²) >= 11 is 3.29. The summed E-state index contributed by atoms with van der Waals surface area (Å²) in [7, 11) is 0. The normalized spacial score (nSPS) is 12.5. The van der Waals surface area contributed by atoms with E-state index in [1.165, 1.54) is 0 Å². The van der Waals surface area contributed by atoms with Gasteiger partial charge in [0.2, 0.25) is 0 Å². The molecule has 0 spiro atoms. The Hall–Kier alpha value is -0.870. The molecule has 0 aliphatic rings. The monoisotopic (exact) mass is 243 g/mol. The first-order chi connectivity index (χ1) is 6.02. The highest BCUT2D eigenvalue weighted by Gasteiger charge is 2.15. The number of benzene rings is 1. The molecule has 0 heterocycles.